The molecule has 0 radical (unpaired) electrons. The second kappa shape index (κ2) is 19.1. The van der Waals surface area contributed by atoms with Crippen molar-refractivity contribution < 1.29 is 22.2 Å². The molecule has 0 aromatic heterocycles. The van der Waals surface area contributed by atoms with Gasteiger partial charge in [0.25, 0.3) is 0 Å². The number of benzene rings is 2. The predicted molar refractivity (Wildman–Crippen MR) is 234 cm³/mol. The lowest BCUT2D eigenvalue weighted by Gasteiger charge is -2.27. The summed E-state index contributed by atoms with van der Waals surface area (Å²) in [6.07, 6.45) is 27.1. The summed E-state index contributed by atoms with van der Waals surface area (Å²) in [5, 5.41) is 0.836. The molecular weight excluding hydrogens is 744 g/mol. The second-order valence-electron chi connectivity index (χ2n) is 16.5. The van der Waals surface area contributed by atoms with Crippen LogP contribution in [0.5, 0.6) is 5.75 Å². The van der Waals surface area contributed by atoms with Crippen LogP contribution < -0.4 is 9.79 Å². The van der Waals surface area contributed by atoms with Gasteiger partial charge in [-0.05, 0) is 99.1 Å². The van der Waals surface area contributed by atoms with E-state index in [9.17, 15) is 8.42 Å². The lowest BCUT2D eigenvalue weighted by molar-refractivity contribution is -0.438. The molecule has 300 valence electrons. The molecule has 2 aromatic carbocycles. The molecule has 0 saturated heterocycles. The molecule has 0 N–H and O–H groups in total. The molecule has 2 aromatic rings. The summed E-state index contributed by atoms with van der Waals surface area (Å²) < 4.78 is 32.9. The Hall–Kier alpha value is -2.78. The van der Waals surface area contributed by atoms with E-state index in [4.69, 9.17) is 20.8 Å². The number of hydrogen-bond donors (Lipinski definition) is 0. The highest BCUT2D eigenvalue weighted by Crippen LogP contribution is 2.49. The third kappa shape index (κ3) is 10.0. The zero-order valence-corrected chi connectivity index (χ0v) is 37.0. The largest absolute Gasteiger partial charge is 0.344 e. The molecule has 0 atom stereocenters. The van der Waals surface area contributed by atoms with E-state index in [1.165, 1.54) is 92.3 Å². The lowest BCUT2D eigenvalue weighted by Crippen LogP contribution is -2.28. The molecular formula is C46H64ClN2O4S2+. The van der Waals surface area contributed by atoms with Gasteiger partial charge in [-0.2, -0.15) is 4.58 Å². The van der Waals surface area contributed by atoms with Gasteiger partial charge >= 0.3 is 0 Å². The normalized spacial score (nSPS) is 19.3. The maximum absolute atomic E-state index is 12.6. The second-order valence-corrected chi connectivity index (χ2v) is 19.3. The SMILES string of the molecule is CCCCCCCN1C(=CC=C2CCCC(C=CC3=[N+](CCCCCCC)c4ccc(OOSC)cc4C3(C)C)=C2Cl)C(C)(C)c2cc(S(C)(=O)=O)ccc21. The summed E-state index contributed by atoms with van der Waals surface area (Å²) in [6.45, 7) is 15.4. The van der Waals surface area contributed by atoms with Crippen LogP contribution in [0.15, 0.2) is 87.5 Å². The fraction of sp³-hybridized carbons (Fsp3) is 0.543. The van der Waals surface area contributed by atoms with Crippen LogP contribution in [-0.2, 0) is 25.0 Å². The topological polar surface area (TPSA) is 58.9 Å². The number of halogens is 1. The molecule has 2 heterocycles. The highest BCUT2D eigenvalue weighted by Gasteiger charge is 2.45. The fourth-order valence-corrected chi connectivity index (χ4v) is 9.57. The van der Waals surface area contributed by atoms with Crippen LogP contribution in [0.3, 0.4) is 0 Å². The van der Waals surface area contributed by atoms with Gasteiger partial charge in [0.15, 0.2) is 21.3 Å². The molecule has 0 amide bonds. The van der Waals surface area contributed by atoms with Crippen LogP contribution in [0.4, 0.5) is 11.4 Å². The summed E-state index contributed by atoms with van der Waals surface area (Å²) in [7, 11) is -3.33. The van der Waals surface area contributed by atoms with Gasteiger partial charge in [0.1, 0.15) is 6.54 Å². The number of fused-ring (bicyclic) bond motifs is 2. The van der Waals surface area contributed by atoms with Crippen molar-refractivity contribution in [3.63, 3.8) is 0 Å². The monoisotopic (exact) mass is 807 g/mol. The first-order valence-corrected chi connectivity index (χ1v) is 23.9. The highest BCUT2D eigenvalue weighted by molar-refractivity contribution is 7.93. The zero-order valence-electron chi connectivity index (χ0n) is 34.6. The van der Waals surface area contributed by atoms with E-state index in [0.29, 0.717) is 10.6 Å². The molecule has 0 fully saturated rings. The number of nitrogens with zero attached hydrogens (tertiary/aromatic N) is 2. The quantitative estimate of drug-likeness (QED) is 0.0463. The average molecular weight is 809 g/mol. The Labute approximate surface area is 341 Å². The molecule has 2 aliphatic heterocycles. The average Bonchev–Trinajstić information content (AvgIpc) is 3.49. The van der Waals surface area contributed by atoms with Crippen molar-refractivity contribution in [2.45, 2.75) is 141 Å². The molecule has 6 nitrogen and oxygen atoms in total. The van der Waals surface area contributed by atoms with Crippen molar-refractivity contribution in [3.8, 4) is 5.75 Å². The molecule has 0 bridgehead atoms. The molecule has 55 heavy (non-hydrogen) atoms. The molecule has 5 rings (SSSR count). The maximum Gasteiger partial charge on any atom is 0.210 e. The van der Waals surface area contributed by atoms with E-state index in [0.717, 1.165) is 72.6 Å². The maximum atomic E-state index is 12.6. The molecule has 0 saturated carbocycles. The van der Waals surface area contributed by atoms with Gasteiger partial charge in [-0.1, -0.05) is 96.4 Å². The molecule has 1 aliphatic carbocycles. The predicted octanol–water partition coefficient (Wildman–Crippen LogP) is 12.8. The summed E-state index contributed by atoms with van der Waals surface area (Å²) in [4.78, 5) is 8.35. The van der Waals surface area contributed by atoms with Crippen molar-refractivity contribution in [2.24, 2.45) is 0 Å². The summed E-state index contributed by atoms with van der Waals surface area (Å²) in [5.74, 6) is 0.704. The molecule has 9 heteroatoms. The Kier molecular flexibility index (Phi) is 15.1. The molecule has 0 unspecified atom stereocenters. The van der Waals surface area contributed by atoms with Gasteiger partial charge < -0.3 is 9.79 Å². The lowest BCUT2D eigenvalue weighted by atomic mass is 9.81. The zero-order chi connectivity index (χ0) is 39.8. The Bertz CT molecular complexity index is 1950. The van der Waals surface area contributed by atoms with Crippen molar-refractivity contribution in [2.75, 3.05) is 30.5 Å². The number of hydrogen-bond acceptors (Lipinski definition) is 6. The van der Waals surface area contributed by atoms with Gasteiger partial charge in [-0.25, -0.2) is 8.42 Å². The Morgan fingerprint density at radius 1 is 0.855 bits per heavy atom. The van der Waals surface area contributed by atoms with Gasteiger partial charge in [0.05, 0.1) is 10.3 Å². The van der Waals surface area contributed by atoms with E-state index < -0.39 is 9.84 Å². The van der Waals surface area contributed by atoms with E-state index in [2.05, 4.69) is 87.5 Å². The van der Waals surface area contributed by atoms with E-state index in [-0.39, 0.29) is 10.8 Å². The first-order chi connectivity index (χ1) is 26.2. The van der Waals surface area contributed by atoms with Gasteiger partial charge in [0.2, 0.25) is 5.69 Å². The third-order valence-corrected chi connectivity index (χ3v) is 13.5. The van der Waals surface area contributed by atoms with Crippen LogP contribution in [0.1, 0.15) is 136 Å². The van der Waals surface area contributed by atoms with Gasteiger partial charge in [-0.15, -0.1) is 4.33 Å². The molecule has 0 spiro atoms. The minimum atomic E-state index is -3.33. The van der Waals surface area contributed by atoms with E-state index in [1.807, 2.05) is 24.5 Å². The summed E-state index contributed by atoms with van der Waals surface area (Å²) in [5.41, 5.74) is 8.79. The molecule has 3 aliphatic rings. The summed E-state index contributed by atoms with van der Waals surface area (Å²) in [6, 6.07) is 11.9. The number of anilines is 1. The summed E-state index contributed by atoms with van der Waals surface area (Å²) >= 11 is 8.50. The third-order valence-electron chi connectivity index (χ3n) is 11.7. The van der Waals surface area contributed by atoms with Crippen LogP contribution >= 0.6 is 23.6 Å². The number of unbranched alkanes of at least 4 members (excludes halogenated alkanes) is 8. The van der Waals surface area contributed by atoms with Crippen LogP contribution in [0.25, 0.3) is 0 Å². The van der Waals surface area contributed by atoms with Crippen molar-refractivity contribution >= 4 is 50.6 Å². The Balaban J connectivity index is 1.48. The smallest absolute Gasteiger partial charge is 0.210 e. The highest BCUT2D eigenvalue weighted by atomic mass is 35.5. The van der Waals surface area contributed by atoms with Crippen molar-refractivity contribution in [1.29, 1.82) is 0 Å². The minimum absolute atomic E-state index is 0.237. The standard InChI is InChI=1S/C46H64ClN2O4S2/c1-9-11-13-15-17-30-48-40-26-24-36(52-53-54-7)32-38(40)45(3,4)42(48)28-22-34-20-19-21-35(44(34)47)23-29-43-46(5,6)39-33-37(55(8,50)51)25-27-41(39)49(43)31-18-16-14-12-10-2/h22-29,32-33H,9-21,30-31H2,1-8H3/q+1. The van der Waals surface area contributed by atoms with Gasteiger partial charge in [-0.3, -0.25) is 0 Å². The Morgan fingerprint density at radius 3 is 2.25 bits per heavy atom. The fourth-order valence-electron chi connectivity index (χ4n) is 8.46. The first-order valence-electron chi connectivity index (χ1n) is 20.5. The van der Waals surface area contributed by atoms with Crippen molar-refractivity contribution in [3.05, 3.63) is 93.7 Å². The van der Waals surface area contributed by atoms with Gasteiger partial charge in [0, 0.05) is 77.1 Å². The van der Waals surface area contributed by atoms with Crippen LogP contribution in [0, 0.1) is 0 Å². The number of allylic oxidation sites excluding steroid dienone is 8. The Morgan fingerprint density at radius 2 is 1.56 bits per heavy atom. The number of sulfone groups is 1. The minimum Gasteiger partial charge on any atom is -0.344 e. The first kappa shape index (κ1) is 43.3. The number of rotatable bonds is 19. The van der Waals surface area contributed by atoms with Crippen molar-refractivity contribution in [1.82, 2.24) is 0 Å². The van der Waals surface area contributed by atoms with Crippen LogP contribution in [0.2, 0.25) is 0 Å². The van der Waals surface area contributed by atoms with E-state index >= 15 is 0 Å². The van der Waals surface area contributed by atoms with E-state index in [1.54, 1.807) is 6.07 Å². The van der Waals surface area contributed by atoms with Crippen LogP contribution in [-0.4, -0.2) is 44.3 Å².